The summed E-state index contributed by atoms with van der Waals surface area (Å²) >= 11 is 0. The molecule has 1 aromatic carbocycles. The van der Waals surface area contributed by atoms with Gasteiger partial charge in [0.1, 0.15) is 6.61 Å². The zero-order chi connectivity index (χ0) is 13.0. The Hall–Kier alpha value is -2.11. The normalized spacial score (nSPS) is 14.6. The first-order valence-corrected chi connectivity index (χ1v) is 5.82. The molecule has 1 heterocycles. The molecule has 0 radical (unpaired) electrons. The molecule has 0 saturated carbocycles. The number of para-hydroxylation sites is 1. The van der Waals surface area contributed by atoms with Crippen LogP contribution in [0.3, 0.4) is 0 Å². The van der Waals surface area contributed by atoms with Crippen LogP contribution in [-0.4, -0.2) is 29.0 Å². The number of nitrogens with zero attached hydrogens (tertiary/aromatic N) is 2. The van der Waals surface area contributed by atoms with E-state index < -0.39 is 11.0 Å². The van der Waals surface area contributed by atoms with Crippen molar-refractivity contribution in [1.29, 1.82) is 0 Å². The van der Waals surface area contributed by atoms with Crippen LogP contribution in [0.2, 0.25) is 0 Å². The minimum Gasteiger partial charge on any atom is -0.444 e. The maximum Gasteiger partial charge on any atom is 0.410 e. The third kappa shape index (κ3) is 2.77. The molecule has 1 aliphatic heterocycles. The van der Waals surface area contributed by atoms with Gasteiger partial charge in [0, 0.05) is 19.2 Å². The van der Waals surface area contributed by atoms with Crippen molar-refractivity contribution in [3.05, 3.63) is 39.9 Å². The maximum atomic E-state index is 11.6. The molecule has 1 amide bonds. The first-order chi connectivity index (χ1) is 8.68. The molecule has 0 aromatic heterocycles. The fourth-order valence-electron chi connectivity index (χ4n) is 1.94. The zero-order valence-electron chi connectivity index (χ0n) is 9.87. The van der Waals surface area contributed by atoms with Crippen LogP contribution in [0.5, 0.6) is 0 Å². The summed E-state index contributed by atoms with van der Waals surface area (Å²) in [7, 11) is 0. The Bertz CT molecular complexity index is 455. The van der Waals surface area contributed by atoms with Crippen molar-refractivity contribution in [3.8, 4) is 0 Å². The minimum atomic E-state index is -0.473. The van der Waals surface area contributed by atoms with E-state index in [4.69, 9.17) is 4.74 Å². The van der Waals surface area contributed by atoms with Crippen LogP contribution >= 0.6 is 0 Å². The topological polar surface area (TPSA) is 72.7 Å². The van der Waals surface area contributed by atoms with Crippen molar-refractivity contribution >= 4 is 11.8 Å². The highest BCUT2D eigenvalue weighted by molar-refractivity contribution is 5.68. The molecule has 18 heavy (non-hydrogen) atoms. The summed E-state index contributed by atoms with van der Waals surface area (Å²) in [5, 5.41) is 10.8. The Labute approximate surface area is 104 Å². The second-order valence-corrected chi connectivity index (χ2v) is 4.13. The average molecular weight is 250 g/mol. The van der Waals surface area contributed by atoms with Gasteiger partial charge >= 0.3 is 6.09 Å². The molecule has 0 unspecified atom stereocenters. The lowest BCUT2D eigenvalue weighted by atomic mass is 10.2. The SMILES string of the molecule is O=C(OCc1ccccc1[N+](=O)[O-])N1CCCC1. The van der Waals surface area contributed by atoms with E-state index >= 15 is 0 Å². The summed E-state index contributed by atoms with van der Waals surface area (Å²) in [5.41, 5.74) is 0.391. The van der Waals surface area contributed by atoms with Crippen molar-refractivity contribution in [1.82, 2.24) is 4.90 Å². The summed E-state index contributed by atoms with van der Waals surface area (Å²) in [6, 6.07) is 6.27. The van der Waals surface area contributed by atoms with Crippen LogP contribution in [0.25, 0.3) is 0 Å². The average Bonchev–Trinajstić information content (AvgIpc) is 2.90. The van der Waals surface area contributed by atoms with E-state index in [1.165, 1.54) is 6.07 Å². The quantitative estimate of drug-likeness (QED) is 0.609. The highest BCUT2D eigenvalue weighted by atomic mass is 16.6. The molecule has 6 heteroatoms. The van der Waals surface area contributed by atoms with Crippen LogP contribution < -0.4 is 0 Å². The molecule has 1 aromatic rings. The van der Waals surface area contributed by atoms with Gasteiger partial charge in [-0.05, 0) is 18.9 Å². The van der Waals surface area contributed by atoms with Crippen molar-refractivity contribution in [2.24, 2.45) is 0 Å². The number of nitro groups is 1. The van der Waals surface area contributed by atoms with Gasteiger partial charge in [-0.1, -0.05) is 12.1 Å². The predicted molar refractivity (Wildman–Crippen MR) is 64.1 cm³/mol. The number of likely N-dealkylation sites (tertiary alicyclic amines) is 1. The van der Waals surface area contributed by atoms with Gasteiger partial charge in [-0.2, -0.15) is 0 Å². The number of hydrogen-bond acceptors (Lipinski definition) is 4. The molecular formula is C12H14N2O4. The molecule has 0 bridgehead atoms. The Kier molecular flexibility index (Phi) is 3.76. The van der Waals surface area contributed by atoms with Gasteiger partial charge in [0.15, 0.2) is 0 Å². The Morgan fingerprint density at radius 1 is 1.33 bits per heavy atom. The lowest BCUT2D eigenvalue weighted by molar-refractivity contribution is -0.385. The van der Waals surface area contributed by atoms with Crippen molar-refractivity contribution in [2.75, 3.05) is 13.1 Å². The summed E-state index contributed by atoms with van der Waals surface area (Å²) in [6.45, 7) is 1.35. The number of benzene rings is 1. The van der Waals surface area contributed by atoms with Crippen LogP contribution in [0.4, 0.5) is 10.5 Å². The summed E-state index contributed by atoms with van der Waals surface area (Å²) in [5.74, 6) is 0. The first kappa shape index (κ1) is 12.3. The molecule has 0 N–H and O–H groups in total. The third-order valence-corrected chi connectivity index (χ3v) is 2.90. The molecule has 0 aliphatic carbocycles. The van der Waals surface area contributed by atoms with Gasteiger partial charge < -0.3 is 9.64 Å². The number of rotatable bonds is 3. The molecule has 6 nitrogen and oxygen atoms in total. The molecule has 1 aliphatic rings. The highest BCUT2D eigenvalue weighted by Crippen LogP contribution is 2.19. The number of amides is 1. The molecule has 96 valence electrons. The van der Waals surface area contributed by atoms with Crippen LogP contribution in [0.15, 0.2) is 24.3 Å². The molecule has 1 saturated heterocycles. The van der Waals surface area contributed by atoms with E-state index in [2.05, 4.69) is 0 Å². The van der Waals surface area contributed by atoms with E-state index in [0.29, 0.717) is 18.7 Å². The van der Waals surface area contributed by atoms with Crippen molar-refractivity contribution < 1.29 is 14.5 Å². The largest absolute Gasteiger partial charge is 0.444 e. The molecular weight excluding hydrogens is 236 g/mol. The smallest absolute Gasteiger partial charge is 0.410 e. The van der Waals surface area contributed by atoms with Crippen LogP contribution in [-0.2, 0) is 11.3 Å². The molecule has 1 fully saturated rings. The molecule has 0 atom stereocenters. The van der Waals surface area contributed by atoms with Crippen molar-refractivity contribution in [2.45, 2.75) is 19.4 Å². The number of hydrogen-bond donors (Lipinski definition) is 0. The van der Waals surface area contributed by atoms with Gasteiger partial charge in [-0.3, -0.25) is 10.1 Å². The number of ether oxygens (including phenoxy) is 1. The van der Waals surface area contributed by atoms with Crippen LogP contribution in [0.1, 0.15) is 18.4 Å². The lowest BCUT2D eigenvalue weighted by Crippen LogP contribution is -2.28. The van der Waals surface area contributed by atoms with E-state index in [1.807, 2.05) is 0 Å². The lowest BCUT2D eigenvalue weighted by Gasteiger charge is -2.14. The third-order valence-electron chi connectivity index (χ3n) is 2.90. The number of nitro benzene ring substituents is 1. The van der Waals surface area contributed by atoms with Gasteiger partial charge in [0.05, 0.1) is 10.5 Å². The fraction of sp³-hybridized carbons (Fsp3) is 0.417. The first-order valence-electron chi connectivity index (χ1n) is 5.82. The van der Waals surface area contributed by atoms with Gasteiger partial charge in [-0.15, -0.1) is 0 Å². The Balaban J connectivity index is 1.97. The number of carbonyl (C=O) groups excluding carboxylic acids is 1. The minimum absolute atomic E-state index is 0.0216. The van der Waals surface area contributed by atoms with Gasteiger partial charge in [-0.25, -0.2) is 4.79 Å². The maximum absolute atomic E-state index is 11.6. The highest BCUT2D eigenvalue weighted by Gasteiger charge is 2.20. The standard InChI is InChI=1S/C12H14N2O4/c15-12(13-7-3-4-8-13)18-9-10-5-1-2-6-11(10)14(16)17/h1-2,5-6H,3-4,7-9H2. The monoisotopic (exact) mass is 250 g/mol. The molecule has 2 rings (SSSR count). The van der Waals surface area contributed by atoms with Crippen molar-refractivity contribution in [3.63, 3.8) is 0 Å². The van der Waals surface area contributed by atoms with E-state index in [1.54, 1.807) is 23.1 Å². The summed E-state index contributed by atoms with van der Waals surface area (Å²) < 4.78 is 5.09. The zero-order valence-corrected chi connectivity index (χ0v) is 9.87. The second kappa shape index (κ2) is 5.48. The summed E-state index contributed by atoms with van der Waals surface area (Å²) in [6.07, 6.45) is 1.58. The number of carbonyl (C=O) groups is 1. The Morgan fingerprint density at radius 3 is 2.67 bits per heavy atom. The van der Waals surface area contributed by atoms with E-state index in [9.17, 15) is 14.9 Å². The Morgan fingerprint density at radius 2 is 2.00 bits per heavy atom. The second-order valence-electron chi connectivity index (χ2n) is 4.13. The van der Waals surface area contributed by atoms with Gasteiger partial charge in [0.2, 0.25) is 0 Å². The molecule has 0 spiro atoms. The van der Waals surface area contributed by atoms with E-state index in [-0.39, 0.29) is 12.3 Å². The van der Waals surface area contributed by atoms with Gasteiger partial charge in [0.25, 0.3) is 5.69 Å². The van der Waals surface area contributed by atoms with E-state index in [0.717, 1.165) is 12.8 Å². The fourth-order valence-corrected chi connectivity index (χ4v) is 1.94. The van der Waals surface area contributed by atoms with Crippen LogP contribution in [0, 0.1) is 10.1 Å². The summed E-state index contributed by atoms with van der Waals surface area (Å²) in [4.78, 5) is 23.6. The predicted octanol–water partition coefficient (Wildman–Crippen LogP) is 2.33.